The van der Waals surface area contributed by atoms with Crippen LogP contribution in [0.1, 0.15) is 45.9 Å². The Morgan fingerprint density at radius 3 is 1.49 bits per heavy atom. The van der Waals surface area contributed by atoms with Gasteiger partial charge in [0.15, 0.2) is 0 Å². The highest BCUT2D eigenvalue weighted by molar-refractivity contribution is 6.09. The second-order valence-corrected chi connectivity index (χ2v) is 17.7. The van der Waals surface area contributed by atoms with Crippen molar-refractivity contribution in [2.45, 2.75) is 17.8 Å². The van der Waals surface area contributed by atoms with E-state index in [1.165, 1.54) is 61.2 Å². The molecular weight excluding hydrogens is 787 g/mol. The number of para-hydroxylation sites is 2. The minimum absolute atomic E-state index is 0.334. The zero-order chi connectivity index (χ0) is 43.1. The number of anilines is 3. The number of nitrogens with zero attached hydrogens (tertiary/aromatic N) is 1. The summed E-state index contributed by atoms with van der Waals surface area (Å²) in [6.07, 6.45) is 0. The largest absolute Gasteiger partial charge is 0.455 e. The number of rotatable bonds is 7. The van der Waals surface area contributed by atoms with Gasteiger partial charge in [-0.25, -0.2) is 0 Å². The van der Waals surface area contributed by atoms with Gasteiger partial charge >= 0.3 is 0 Å². The van der Waals surface area contributed by atoms with Gasteiger partial charge in [-0.05, 0) is 116 Å². The minimum Gasteiger partial charge on any atom is -0.455 e. The van der Waals surface area contributed by atoms with E-state index in [1.807, 2.05) is 6.07 Å². The van der Waals surface area contributed by atoms with Crippen LogP contribution in [0.5, 0.6) is 0 Å². The van der Waals surface area contributed by atoms with E-state index in [-0.39, 0.29) is 5.41 Å². The van der Waals surface area contributed by atoms with Gasteiger partial charge in [0.05, 0.1) is 5.41 Å². The summed E-state index contributed by atoms with van der Waals surface area (Å²) in [6.45, 7) is 2.39. The van der Waals surface area contributed by atoms with Gasteiger partial charge < -0.3 is 9.32 Å². The Morgan fingerprint density at radius 1 is 0.338 bits per heavy atom. The third-order valence-electron chi connectivity index (χ3n) is 14.5. The highest BCUT2D eigenvalue weighted by Gasteiger charge is 2.46. The maximum absolute atomic E-state index is 6.51. The van der Waals surface area contributed by atoms with E-state index in [4.69, 9.17) is 4.42 Å². The van der Waals surface area contributed by atoms with Gasteiger partial charge in [-0.15, -0.1) is 0 Å². The number of hydrogen-bond acceptors (Lipinski definition) is 2. The number of benzene rings is 10. The summed E-state index contributed by atoms with van der Waals surface area (Å²) < 4.78 is 6.51. The molecule has 2 aliphatic carbocycles. The first-order chi connectivity index (χ1) is 32.1. The van der Waals surface area contributed by atoms with Gasteiger partial charge in [0.25, 0.3) is 0 Å². The zero-order valence-electron chi connectivity index (χ0n) is 35.9. The standard InChI is InChI=1S/C63H43NO/c1-62(43-17-4-2-5-18-43)56-27-12-8-21-50(56)53-40-39-48(41-59(53)62)64(46-35-31-42(32-36-46)49-25-16-26-55-54-24-11-15-30-60(54)65-61(49)55)47-37-33-45(34-38-47)63(44-19-6-3-7-20-44)57-28-13-9-22-51(57)52-23-10-14-29-58(52)63/h2-41H,1H3. The maximum Gasteiger partial charge on any atom is 0.143 e. The Kier molecular flexibility index (Phi) is 8.29. The molecule has 0 radical (unpaired) electrons. The molecule has 2 nitrogen and oxygen atoms in total. The highest BCUT2D eigenvalue weighted by Crippen LogP contribution is 2.57. The van der Waals surface area contributed by atoms with Crippen LogP contribution in [0.25, 0.3) is 55.3 Å². The van der Waals surface area contributed by atoms with Crippen molar-refractivity contribution < 1.29 is 4.42 Å². The van der Waals surface area contributed by atoms with Gasteiger partial charge in [0.2, 0.25) is 0 Å². The first-order valence-electron chi connectivity index (χ1n) is 22.6. The van der Waals surface area contributed by atoms with Crippen molar-refractivity contribution in [2.75, 3.05) is 4.90 Å². The van der Waals surface area contributed by atoms with Crippen molar-refractivity contribution in [3.05, 3.63) is 282 Å². The van der Waals surface area contributed by atoms with Crippen LogP contribution in [0.3, 0.4) is 0 Å². The molecule has 2 aliphatic rings. The molecule has 0 saturated carbocycles. The molecule has 65 heavy (non-hydrogen) atoms. The fraction of sp³-hybridized carbons (Fsp3) is 0.0476. The molecule has 306 valence electrons. The van der Waals surface area contributed by atoms with Crippen LogP contribution in [-0.2, 0) is 10.8 Å². The van der Waals surface area contributed by atoms with Gasteiger partial charge in [-0.1, -0.05) is 200 Å². The van der Waals surface area contributed by atoms with Crippen molar-refractivity contribution in [3.8, 4) is 33.4 Å². The van der Waals surface area contributed by atoms with Gasteiger partial charge in [0.1, 0.15) is 11.2 Å². The van der Waals surface area contributed by atoms with Crippen molar-refractivity contribution >= 4 is 39.0 Å². The van der Waals surface area contributed by atoms with E-state index in [0.29, 0.717) is 0 Å². The average molecular weight is 830 g/mol. The lowest BCUT2D eigenvalue weighted by atomic mass is 9.68. The first kappa shape index (κ1) is 37.4. The van der Waals surface area contributed by atoms with Crippen LogP contribution in [0.2, 0.25) is 0 Å². The zero-order valence-corrected chi connectivity index (χ0v) is 35.9. The normalized spacial score (nSPS) is 15.3. The molecule has 0 saturated heterocycles. The molecule has 1 unspecified atom stereocenters. The van der Waals surface area contributed by atoms with Crippen molar-refractivity contribution in [2.24, 2.45) is 0 Å². The average Bonchev–Trinajstić information content (AvgIpc) is 4.00. The fourth-order valence-electron chi connectivity index (χ4n) is 11.5. The Labute approximate surface area is 379 Å². The Morgan fingerprint density at radius 2 is 0.815 bits per heavy atom. The lowest BCUT2D eigenvalue weighted by Crippen LogP contribution is -2.28. The molecule has 1 aromatic heterocycles. The van der Waals surface area contributed by atoms with E-state index in [2.05, 4.69) is 248 Å². The summed E-state index contributed by atoms with van der Waals surface area (Å²) in [5.41, 5.74) is 20.7. The molecule has 0 fully saturated rings. The third kappa shape index (κ3) is 5.41. The topological polar surface area (TPSA) is 16.4 Å². The predicted octanol–water partition coefficient (Wildman–Crippen LogP) is 16.4. The number of fused-ring (bicyclic) bond motifs is 9. The summed E-state index contributed by atoms with van der Waals surface area (Å²) in [5.74, 6) is 0. The summed E-state index contributed by atoms with van der Waals surface area (Å²) in [5, 5.41) is 2.26. The molecule has 11 aromatic rings. The molecule has 2 heteroatoms. The molecule has 0 amide bonds. The van der Waals surface area contributed by atoms with Crippen molar-refractivity contribution in [1.82, 2.24) is 0 Å². The van der Waals surface area contributed by atoms with Crippen LogP contribution in [0, 0.1) is 0 Å². The van der Waals surface area contributed by atoms with Crippen LogP contribution in [-0.4, -0.2) is 0 Å². The second kappa shape index (κ2) is 14.4. The number of hydrogen-bond donors (Lipinski definition) is 0. The second-order valence-electron chi connectivity index (χ2n) is 17.7. The van der Waals surface area contributed by atoms with Gasteiger partial charge in [-0.3, -0.25) is 0 Å². The van der Waals surface area contributed by atoms with E-state index in [0.717, 1.165) is 50.1 Å². The Hall–Kier alpha value is -8.20. The van der Waals surface area contributed by atoms with Gasteiger partial charge in [-0.2, -0.15) is 0 Å². The lowest BCUT2D eigenvalue weighted by molar-refractivity contribution is 0.670. The lowest BCUT2D eigenvalue weighted by Gasteiger charge is -2.34. The molecule has 1 heterocycles. The van der Waals surface area contributed by atoms with Crippen LogP contribution in [0.15, 0.2) is 247 Å². The molecule has 10 aromatic carbocycles. The summed E-state index contributed by atoms with van der Waals surface area (Å²) in [4.78, 5) is 2.43. The van der Waals surface area contributed by atoms with E-state index >= 15 is 0 Å². The summed E-state index contributed by atoms with van der Waals surface area (Å²) in [7, 11) is 0. The maximum atomic E-state index is 6.51. The first-order valence-corrected chi connectivity index (χ1v) is 22.6. The molecule has 0 spiro atoms. The Balaban J connectivity index is 0.993. The van der Waals surface area contributed by atoms with Crippen LogP contribution >= 0.6 is 0 Å². The summed E-state index contributed by atoms with van der Waals surface area (Å²) in [6, 6.07) is 89.1. The van der Waals surface area contributed by atoms with Gasteiger partial charge in [0, 0.05) is 38.8 Å². The monoisotopic (exact) mass is 829 g/mol. The third-order valence-corrected chi connectivity index (χ3v) is 14.5. The van der Waals surface area contributed by atoms with Crippen molar-refractivity contribution in [3.63, 3.8) is 0 Å². The fourth-order valence-corrected chi connectivity index (χ4v) is 11.5. The van der Waals surface area contributed by atoms with Crippen LogP contribution in [0.4, 0.5) is 17.1 Å². The molecule has 0 aliphatic heterocycles. The molecular formula is C63H43NO. The van der Waals surface area contributed by atoms with E-state index in [9.17, 15) is 0 Å². The molecule has 1 atom stereocenters. The van der Waals surface area contributed by atoms with E-state index in [1.54, 1.807) is 0 Å². The smallest absolute Gasteiger partial charge is 0.143 e. The molecule has 0 N–H and O–H groups in total. The van der Waals surface area contributed by atoms with Crippen LogP contribution < -0.4 is 4.90 Å². The Bertz CT molecular complexity index is 3560. The predicted molar refractivity (Wildman–Crippen MR) is 269 cm³/mol. The van der Waals surface area contributed by atoms with Crippen molar-refractivity contribution in [1.29, 1.82) is 0 Å². The number of furan rings is 1. The molecule has 13 rings (SSSR count). The van der Waals surface area contributed by atoms with E-state index < -0.39 is 5.41 Å². The SMILES string of the molecule is CC1(c2ccccc2)c2ccccc2-c2ccc(N(c3ccc(-c4cccc5c4oc4ccccc45)cc3)c3ccc(C4(c5ccccc5)c5ccccc5-c5ccccc54)cc3)cc21. The summed E-state index contributed by atoms with van der Waals surface area (Å²) >= 11 is 0. The molecule has 0 bridgehead atoms. The quantitative estimate of drug-likeness (QED) is 0.159. The minimum atomic E-state index is -0.478. The highest BCUT2D eigenvalue weighted by atomic mass is 16.3.